The fraction of sp³-hybridized carbons (Fsp3) is 0.682. The zero-order valence-electron chi connectivity index (χ0n) is 30.2. The number of carbonyl (C=O) groups excluding carboxylic acids is 2. The van der Waals surface area contributed by atoms with E-state index < -0.39 is 0 Å². The summed E-state index contributed by atoms with van der Waals surface area (Å²) in [6, 6.07) is 14.5. The van der Waals surface area contributed by atoms with Crippen molar-refractivity contribution in [2.45, 2.75) is 153 Å². The van der Waals surface area contributed by atoms with Gasteiger partial charge in [-0.15, -0.1) is 0 Å². The number of nitrogens with zero attached hydrogens (tertiary/aromatic N) is 2. The van der Waals surface area contributed by atoms with Crippen LogP contribution in [0.3, 0.4) is 0 Å². The molecule has 4 aliphatic carbocycles. The van der Waals surface area contributed by atoms with Gasteiger partial charge in [0.05, 0.1) is 0 Å². The van der Waals surface area contributed by atoms with E-state index in [-0.39, 0.29) is 0 Å². The summed E-state index contributed by atoms with van der Waals surface area (Å²) >= 11 is 0. The number of Topliss-reactive ketones (excluding diaryl/α,β-unsaturated/α-hetero) is 2. The van der Waals surface area contributed by atoms with Crippen molar-refractivity contribution >= 4 is 11.6 Å². The van der Waals surface area contributed by atoms with Gasteiger partial charge in [-0.3, -0.25) is 9.59 Å². The van der Waals surface area contributed by atoms with Crippen LogP contribution in [0.4, 0.5) is 0 Å². The summed E-state index contributed by atoms with van der Waals surface area (Å²) in [6.45, 7) is 9.40. The Labute approximate surface area is 291 Å². The topological polar surface area (TPSA) is 40.6 Å². The molecule has 2 aromatic carbocycles. The Kier molecular flexibility index (Phi) is 11.2. The first-order valence-corrected chi connectivity index (χ1v) is 20.3. The van der Waals surface area contributed by atoms with Crippen LogP contribution in [0.1, 0.15) is 171 Å². The molecule has 6 fully saturated rings. The molecule has 4 nitrogen and oxygen atoms in total. The third-order valence-electron chi connectivity index (χ3n) is 13.1. The number of rotatable bonds is 12. The first-order valence-electron chi connectivity index (χ1n) is 20.3. The molecule has 4 atom stereocenters. The van der Waals surface area contributed by atoms with Gasteiger partial charge in [0.15, 0.2) is 11.6 Å². The molecule has 2 aromatic rings. The lowest BCUT2D eigenvalue weighted by Gasteiger charge is -2.29. The second-order valence-corrected chi connectivity index (χ2v) is 16.3. The molecule has 2 aliphatic heterocycles. The summed E-state index contributed by atoms with van der Waals surface area (Å²) in [5.41, 5.74) is 7.48. The van der Waals surface area contributed by atoms with Gasteiger partial charge in [0.1, 0.15) is 0 Å². The van der Waals surface area contributed by atoms with Crippen LogP contribution in [0.5, 0.6) is 0 Å². The Balaban J connectivity index is 0.000000152. The smallest absolute Gasteiger partial charge is 0.163 e. The standard InChI is InChI=1S/2C22H31NO/c2*1-2-16-7-5-9-19(17-11-12-17)22(16)21(24)15-18-8-6-10-20(18)23-13-3-4-14-23/h2*5,7,9,17-18,20H,2-4,6,8,10-15H2,1H3/t2*18-,20-/m10/s1. The molecule has 260 valence electrons. The maximum Gasteiger partial charge on any atom is 0.163 e. The zero-order valence-corrected chi connectivity index (χ0v) is 30.2. The van der Waals surface area contributed by atoms with E-state index in [1.165, 1.54) is 138 Å². The maximum atomic E-state index is 13.3. The van der Waals surface area contributed by atoms with Crippen molar-refractivity contribution in [3.63, 3.8) is 0 Å². The van der Waals surface area contributed by atoms with Crippen molar-refractivity contribution in [3.05, 3.63) is 69.8 Å². The molecule has 48 heavy (non-hydrogen) atoms. The Morgan fingerprint density at radius 1 is 0.542 bits per heavy atom. The molecule has 2 heterocycles. The van der Waals surface area contributed by atoms with E-state index in [1.54, 1.807) is 0 Å². The van der Waals surface area contributed by atoms with E-state index in [0.717, 1.165) is 36.8 Å². The van der Waals surface area contributed by atoms with Crippen LogP contribution in [0.25, 0.3) is 0 Å². The number of likely N-dealkylation sites (tertiary alicyclic amines) is 2. The highest BCUT2D eigenvalue weighted by Gasteiger charge is 2.38. The second-order valence-electron chi connectivity index (χ2n) is 16.3. The molecule has 0 aromatic heterocycles. The van der Waals surface area contributed by atoms with E-state index in [9.17, 15) is 9.59 Å². The SMILES string of the molecule is CCc1cccc(C2CC2)c1C(=O)C[C@@H]1CCC[C@@H]1N1CCCC1.CCc1cccc(C2CC2)c1C(=O)C[C@H]1CCC[C@H]1N1CCCC1. The van der Waals surface area contributed by atoms with Gasteiger partial charge in [0, 0.05) is 36.1 Å². The van der Waals surface area contributed by atoms with E-state index in [2.05, 4.69) is 60.0 Å². The monoisotopic (exact) mass is 650 g/mol. The van der Waals surface area contributed by atoms with E-state index in [4.69, 9.17) is 0 Å². The Morgan fingerprint density at radius 3 is 1.29 bits per heavy atom. The molecular weight excluding hydrogens is 588 g/mol. The quantitative estimate of drug-likeness (QED) is 0.215. The van der Waals surface area contributed by atoms with Crippen LogP contribution in [-0.2, 0) is 12.8 Å². The fourth-order valence-electron chi connectivity index (χ4n) is 10.3. The summed E-state index contributed by atoms with van der Waals surface area (Å²) in [5, 5.41) is 0. The highest BCUT2D eigenvalue weighted by molar-refractivity contribution is 6.00. The van der Waals surface area contributed by atoms with Gasteiger partial charge in [-0.2, -0.15) is 0 Å². The Bertz CT molecular complexity index is 1300. The molecule has 2 saturated heterocycles. The lowest BCUT2D eigenvalue weighted by atomic mass is 9.87. The van der Waals surface area contributed by atoms with Gasteiger partial charge < -0.3 is 9.80 Å². The Morgan fingerprint density at radius 2 is 0.938 bits per heavy atom. The van der Waals surface area contributed by atoms with Crippen LogP contribution in [-0.4, -0.2) is 59.6 Å². The molecule has 4 saturated carbocycles. The molecule has 0 N–H and O–H groups in total. The number of ketones is 2. The predicted octanol–water partition coefficient (Wildman–Crippen LogP) is 9.93. The third-order valence-corrected chi connectivity index (χ3v) is 13.1. The summed E-state index contributed by atoms with van der Waals surface area (Å²) in [4.78, 5) is 31.9. The first kappa shape index (κ1) is 34.2. The summed E-state index contributed by atoms with van der Waals surface area (Å²) in [7, 11) is 0. The van der Waals surface area contributed by atoms with Crippen LogP contribution in [0, 0.1) is 11.8 Å². The molecule has 0 bridgehead atoms. The molecule has 0 unspecified atom stereocenters. The van der Waals surface area contributed by atoms with E-state index in [0.29, 0.717) is 47.3 Å². The van der Waals surface area contributed by atoms with E-state index in [1.807, 2.05) is 0 Å². The van der Waals surface area contributed by atoms with Crippen molar-refractivity contribution in [1.82, 2.24) is 9.80 Å². The van der Waals surface area contributed by atoms with Gasteiger partial charge in [0.25, 0.3) is 0 Å². The largest absolute Gasteiger partial charge is 0.300 e. The fourth-order valence-corrected chi connectivity index (χ4v) is 10.3. The van der Waals surface area contributed by atoms with Crippen molar-refractivity contribution in [2.24, 2.45) is 11.8 Å². The molecule has 0 amide bonds. The van der Waals surface area contributed by atoms with Gasteiger partial charge in [-0.1, -0.05) is 63.1 Å². The average molecular weight is 651 g/mol. The summed E-state index contributed by atoms with van der Waals surface area (Å²) in [5.74, 6) is 3.37. The summed E-state index contributed by atoms with van der Waals surface area (Å²) < 4.78 is 0. The lowest BCUT2D eigenvalue weighted by Crippen LogP contribution is -2.36. The number of carbonyl (C=O) groups is 2. The normalized spacial score (nSPS) is 27.7. The van der Waals surface area contributed by atoms with Crippen molar-refractivity contribution in [1.29, 1.82) is 0 Å². The number of benzene rings is 2. The highest BCUT2D eigenvalue weighted by atomic mass is 16.1. The first-order chi connectivity index (χ1) is 23.6. The van der Waals surface area contributed by atoms with Crippen LogP contribution >= 0.6 is 0 Å². The lowest BCUT2D eigenvalue weighted by molar-refractivity contribution is 0.0920. The molecule has 8 rings (SSSR count). The number of hydrogen-bond donors (Lipinski definition) is 0. The minimum absolute atomic E-state index is 0.436. The molecular formula is C44H62N2O2. The molecule has 0 radical (unpaired) electrons. The minimum Gasteiger partial charge on any atom is -0.300 e. The number of hydrogen-bond acceptors (Lipinski definition) is 4. The van der Waals surface area contributed by atoms with Gasteiger partial charge >= 0.3 is 0 Å². The molecule has 4 heteroatoms. The average Bonchev–Trinajstić information content (AvgIpc) is 3.83. The van der Waals surface area contributed by atoms with Crippen molar-refractivity contribution < 1.29 is 9.59 Å². The zero-order chi connectivity index (χ0) is 33.0. The molecule has 6 aliphatic rings. The molecule has 0 spiro atoms. The van der Waals surface area contributed by atoms with Crippen molar-refractivity contribution in [3.8, 4) is 0 Å². The maximum absolute atomic E-state index is 13.3. The van der Waals surface area contributed by atoms with Crippen LogP contribution in [0.15, 0.2) is 36.4 Å². The van der Waals surface area contributed by atoms with Gasteiger partial charge in [-0.25, -0.2) is 0 Å². The van der Waals surface area contributed by atoms with Gasteiger partial charge in [0.2, 0.25) is 0 Å². The minimum atomic E-state index is 0.436. The highest BCUT2D eigenvalue weighted by Crippen LogP contribution is 2.45. The Hall–Kier alpha value is -2.30. The predicted molar refractivity (Wildman–Crippen MR) is 197 cm³/mol. The third kappa shape index (κ3) is 7.70. The van der Waals surface area contributed by atoms with Crippen LogP contribution in [0.2, 0.25) is 0 Å². The summed E-state index contributed by atoms with van der Waals surface area (Å²) in [6.07, 6.45) is 21.7. The number of aryl methyl sites for hydroxylation is 2. The van der Waals surface area contributed by atoms with E-state index >= 15 is 0 Å². The van der Waals surface area contributed by atoms with Gasteiger partial charge in [-0.05, 0) is 162 Å². The van der Waals surface area contributed by atoms with Crippen LogP contribution < -0.4 is 0 Å². The van der Waals surface area contributed by atoms with Crippen molar-refractivity contribution in [2.75, 3.05) is 26.2 Å². The second kappa shape index (κ2) is 15.7.